The molecule has 138 valence electrons. The lowest BCUT2D eigenvalue weighted by molar-refractivity contribution is 0.297. The van der Waals surface area contributed by atoms with Crippen LogP contribution < -0.4 is 10.1 Å². The predicted octanol–water partition coefficient (Wildman–Crippen LogP) is 3.18. The van der Waals surface area contributed by atoms with E-state index in [1.807, 2.05) is 24.3 Å². The number of hydrogen-bond acceptors (Lipinski definition) is 6. The van der Waals surface area contributed by atoms with E-state index in [4.69, 9.17) is 20.9 Å². The van der Waals surface area contributed by atoms with Crippen LogP contribution in [0, 0.1) is 0 Å². The van der Waals surface area contributed by atoms with Gasteiger partial charge in [-0.25, -0.2) is 0 Å². The predicted molar refractivity (Wildman–Crippen MR) is 103 cm³/mol. The Balaban J connectivity index is 1.59. The van der Waals surface area contributed by atoms with Crippen LogP contribution in [0.25, 0.3) is 10.9 Å². The molecule has 0 saturated heterocycles. The fraction of sp³-hybridized carbons (Fsp3) is 0.438. The van der Waals surface area contributed by atoms with Gasteiger partial charge in [-0.15, -0.1) is 0 Å². The topological polar surface area (TPSA) is 80.7 Å². The molecule has 6 nitrogen and oxygen atoms in total. The van der Waals surface area contributed by atoms with Crippen LogP contribution in [-0.4, -0.2) is 40.0 Å². The minimum atomic E-state index is -3.51. The van der Waals surface area contributed by atoms with Crippen LogP contribution in [0.5, 0.6) is 5.75 Å². The highest BCUT2D eigenvalue weighted by Gasteiger charge is 2.03. The molecule has 0 saturated carbocycles. The number of rotatable bonds is 11. The number of nitrogens with one attached hydrogen (secondary N) is 1. The average Bonchev–Trinajstić information content (AvgIpc) is 2.55. The minimum absolute atomic E-state index is 0.126. The molecule has 2 aromatic rings. The van der Waals surface area contributed by atoms with Crippen LogP contribution in [-0.2, 0) is 24.4 Å². The smallest absolute Gasteiger partial charge is 0.266 e. The summed E-state index contributed by atoms with van der Waals surface area (Å²) < 4.78 is 29.9. The maximum absolute atomic E-state index is 10.7. The molecule has 0 bridgehead atoms. The monoisotopic (exact) mass is 404 g/mol. The van der Waals surface area contributed by atoms with Gasteiger partial charge in [0.15, 0.2) is 0 Å². The van der Waals surface area contributed by atoms with Gasteiger partial charge in [0.25, 0.3) is 9.05 Å². The summed E-state index contributed by atoms with van der Waals surface area (Å²) in [6, 6.07) is 7.42. The normalized spacial score (nSPS) is 13.7. The Kier molecular flexibility index (Phi) is 8.28. The van der Waals surface area contributed by atoms with Gasteiger partial charge < -0.3 is 10.1 Å². The van der Waals surface area contributed by atoms with E-state index in [9.17, 15) is 4.21 Å². The number of nitrogens with zero attached hydrogens (tertiary/aromatic N) is 1. The molecule has 2 rings (SSSR count). The van der Waals surface area contributed by atoms with Crippen LogP contribution in [0.4, 0.5) is 0 Å². The van der Waals surface area contributed by atoms with Gasteiger partial charge >= 0.3 is 0 Å². The Bertz CT molecular complexity index is 787. The zero-order chi connectivity index (χ0) is 18.1. The van der Waals surface area contributed by atoms with E-state index in [2.05, 4.69) is 25.7 Å². The van der Waals surface area contributed by atoms with Crippen molar-refractivity contribution in [1.82, 2.24) is 10.3 Å². The van der Waals surface area contributed by atoms with E-state index < -0.39 is 9.05 Å². The van der Waals surface area contributed by atoms with Crippen molar-refractivity contribution in [1.29, 1.82) is 0 Å². The van der Waals surface area contributed by atoms with Gasteiger partial charge in [0, 0.05) is 34.3 Å². The van der Waals surface area contributed by atoms with Crippen molar-refractivity contribution in [2.24, 2.45) is 0 Å². The maximum Gasteiger partial charge on any atom is 0.266 e. The van der Waals surface area contributed by atoms with Crippen molar-refractivity contribution in [3.05, 3.63) is 35.5 Å². The molecule has 0 spiro atoms. The summed E-state index contributed by atoms with van der Waals surface area (Å²) >= 11 is 10.2. The molecule has 25 heavy (non-hydrogen) atoms. The summed E-state index contributed by atoms with van der Waals surface area (Å²) in [6.45, 7) is 2.06. The number of fused-ring (bicyclic) bond motifs is 1. The fourth-order valence-corrected chi connectivity index (χ4v) is 2.94. The summed E-state index contributed by atoms with van der Waals surface area (Å²) in [4.78, 5) is 4.29. The van der Waals surface area contributed by atoms with Crippen LogP contribution >= 0.6 is 11.6 Å². The third kappa shape index (κ3) is 7.81. The SMILES string of the molecule is O=S(O)(=S)OCCNCCCCCOc1ccnc2cc(Cl)ccc12. The summed E-state index contributed by atoms with van der Waals surface area (Å²) in [5.41, 5.74) is 0.822. The Morgan fingerprint density at radius 3 is 2.84 bits per heavy atom. The third-order valence-corrected chi connectivity index (χ3v) is 4.42. The molecule has 2 N–H and O–H groups in total. The minimum Gasteiger partial charge on any atom is -0.493 e. The Labute approximate surface area is 157 Å². The highest BCUT2D eigenvalue weighted by atomic mass is 35.5. The largest absolute Gasteiger partial charge is 0.493 e. The van der Waals surface area contributed by atoms with Gasteiger partial charge in [0.1, 0.15) is 5.75 Å². The van der Waals surface area contributed by atoms with Crippen LogP contribution in [0.3, 0.4) is 0 Å². The summed E-state index contributed by atoms with van der Waals surface area (Å²) in [5, 5.41) is 4.74. The molecular weight excluding hydrogens is 384 g/mol. The summed E-state index contributed by atoms with van der Waals surface area (Å²) in [7, 11) is -3.51. The van der Waals surface area contributed by atoms with E-state index in [0.717, 1.165) is 42.5 Å². The van der Waals surface area contributed by atoms with Crippen molar-refractivity contribution in [3.8, 4) is 5.75 Å². The van der Waals surface area contributed by atoms with Gasteiger partial charge in [0.2, 0.25) is 0 Å². The Hall–Kier alpha value is -1.03. The number of aromatic nitrogens is 1. The first kappa shape index (κ1) is 20.3. The number of unbranched alkanes of at least 4 members (excludes halogenated alkanes) is 2. The van der Waals surface area contributed by atoms with E-state index >= 15 is 0 Å². The number of halogens is 1. The first-order valence-electron chi connectivity index (χ1n) is 7.95. The number of benzene rings is 1. The van der Waals surface area contributed by atoms with Crippen molar-refractivity contribution in [3.63, 3.8) is 0 Å². The lowest BCUT2D eigenvalue weighted by Gasteiger charge is -2.09. The van der Waals surface area contributed by atoms with Crippen LogP contribution in [0.15, 0.2) is 30.5 Å². The molecule has 1 atom stereocenters. The lowest BCUT2D eigenvalue weighted by Crippen LogP contribution is -2.22. The number of ether oxygens (including phenoxy) is 1. The maximum atomic E-state index is 10.7. The second-order valence-electron chi connectivity index (χ2n) is 5.38. The van der Waals surface area contributed by atoms with Gasteiger partial charge in [-0.1, -0.05) is 11.6 Å². The Morgan fingerprint density at radius 2 is 2.04 bits per heavy atom. The highest BCUT2D eigenvalue weighted by Crippen LogP contribution is 2.26. The van der Waals surface area contributed by atoms with E-state index in [1.165, 1.54) is 0 Å². The first-order valence-corrected chi connectivity index (χ1v) is 10.7. The molecule has 0 radical (unpaired) electrons. The lowest BCUT2D eigenvalue weighted by atomic mass is 10.2. The first-order chi connectivity index (χ1) is 12.0. The van der Waals surface area contributed by atoms with Gasteiger partial charge in [-0.2, -0.15) is 4.21 Å². The molecule has 1 heterocycles. The summed E-state index contributed by atoms with van der Waals surface area (Å²) in [6.07, 6.45) is 4.65. The molecule has 1 aromatic carbocycles. The van der Waals surface area contributed by atoms with Crippen molar-refractivity contribution in [2.45, 2.75) is 19.3 Å². The van der Waals surface area contributed by atoms with E-state index in [0.29, 0.717) is 18.2 Å². The molecule has 1 aromatic heterocycles. The van der Waals surface area contributed by atoms with Crippen molar-refractivity contribution >= 4 is 42.7 Å². The molecule has 9 heteroatoms. The molecule has 0 amide bonds. The van der Waals surface area contributed by atoms with Crippen LogP contribution in [0.2, 0.25) is 5.02 Å². The molecule has 0 aliphatic rings. The van der Waals surface area contributed by atoms with Crippen LogP contribution in [0.1, 0.15) is 19.3 Å². The number of pyridine rings is 1. The highest BCUT2D eigenvalue weighted by molar-refractivity contribution is 8.27. The average molecular weight is 405 g/mol. The molecule has 0 fully saturated rings. The number of hydrogen-bond donors (Lipinski definition) is 2. The van der Waals surface area contributed by atoms with Crippen molar-refractivity contribution in [2.75, 3.05) is 26.3 Å². The molecule has 0 aliphatic carbocycles. The second-order valence-corrected chi connectivity index (χ2v) is 8.17. The summed E-state index contributed by atoms with van der Waals surface area (Å²) in [5.74, 6) is 0.813. The standard InChI is InChI=1S/C16H21ClN2O4S2/c17-13-4-5-14-15(12-13)19-8-6-16(14)22-10-3-1-2-7-18-9-11-23-25(20,21)24/h4-6,8,12,18H,1-3,7,9-11H2,(H,20,21,24). The molecular formula is C16H21ClN2O4S2. The zero-order valence-electron chi connectivity index (χ0n) is 13.7. The van der Waals surface area contributed by atoms with Gasteiger partial charge in [-0.05, 0) is 50.1 Å². The zero-order valence-corrected chi connectivity index (χ0v) is 16.0. The fourth-order valence-electron chi connectivity index (χ4n) is 2.28. The van der Waals surface area contributed by atoms with E-state index in [1.54, 1.807) is 6.20 Å². The third-order valence-electron chi connectivity index (χ3n) is 3.43. The molecule has 0 aliphatic heterocycles. The van der Waals surface area contributed by atoms with Gasteiger partial charge in [0.05, 0.1) is 18.7 Å². The van der Waals surface area contributed by atoms with E-state index in [-0.39, 0.29) is 6.61 Å². The molecule has 1 unspecified atom stereocenters. The van der Waals surface area contributed by atoms with Crippen molar-refractivity contribution < 1.29 is 17.7 Å². The second kappa shape index (κ2) is 10.2. The Morgan fingerprint density at radius 1 is 1.20 bits per heavy atom. The van der Waals surface area contributed by atoms with Gasteiger partial charge in [-0.3, -0.25) is 13.7 Å². The quantitative estimate of drug-likeness (QED) is 0.556.